The third-order valence-electron chi connectivity index (χ3n) is 3.39. The number of aromatic hydroxyl groups is 1. The number of benzene rings is 1. The Hall–Kier alpha value is -1.09. The molecule has 0 amide bonds. The first kappa shape index (κ1) is 11.4. The van der Waals surface area contributed by atoms with Crippen molar-refractivity contribution in [2.24, 2.45) is 5.92 Å². The largest absolute Gasteiger partial charge is 0.508 e. The molecule has 2 N–H and O–H groups in total. The maximum atomic E-state index is 13.5. The topological polar surface area (TPSA) is 32.3 Å². The molecule has 88 valence electrons. The molecule has 16 heavy (non-hydrogen) atoms. The van der Waals surface area contributed by atoms with E-state index in [2.05, 4.69) is 5.32 Å². The van der Waals surface area contributed by atoms with Crippen LogP contribution in [0.4, 0.5) is 4.39 Å². The Kier molecular flexibility index (Phi) is 3.44. The first-order valence-corrected chi connectivity index (χ1v) is 5.88. The number of hydrogen-bond acceptors (Lipinski definition) is 2. The Bertz CT molecular complexity index is 363. The second-order valence-electron chi connectivity index (χ2n) is 4.63. The highest BCUT2D eigenvalue weighted by molar-refractivity contribution is 5.29. The fourth-order valence-corrected chi connectivity index (χ4v) is 2.02. The van der Waals surface area contributed by atoms with Crippen molar-refractivity contribution < 1.29 is 9.50 Å². The van der Waals surface area contributed by atoms with E-state index in [1.807, 2.05) is 6.92 Å². The summed E-state index contributed by atoms with van der Waals surface area (Å²) in [6.07, 6.45) is 3.91. The van der Waals surface area contributed by atoms with Crippen molar-refractivity contribution in [3.63, 3.8) is 0 Å². The number of nitrogens with one attached hydrogen (secondary N) is 1. The van der Waals surface area contributed by atoms with Gasteiger partial charge in [0.05, 0.1) is 0 Å². The zero-order valence-corrected chi connectivity index (χ0v) is 9.54. The van der Waals surface area contributed by atoms with Crippen LogP contribution in [0, 0.1) is 11.7 Å². The van der Waals surface area contributed by atoms with E-state index < -0.39 is 0 Å². The van der Waals surface area contributed by atoms with Crippen molar-refractivity contribution in [2.75, 3.05) is 6.54 Å². The number of phenols is 1. The second-order valence-corrected chi connectivity index (χ2v) is 4.63. The number of hydrogen-bond donors (Lipinski definition) is 2. The molecule has 1 atom stereocenters. The minimum atomic E-state index is -0.339. The quantitative estimate of drug-likeness (QED) is 0.822. The standard InChI is InChI=1S/C13H18FNO/c1-9(15-8-10-3-2-4-10)12-6-5-11(16)7-13(12)14/h5-7,9-10,15-16H,2-4,8H2,1H3. The van der Waals surface area contributed by atoms with E-state index in [4.69, 9.17) is 5.11 Å². The third kappa shape index (κ3) is 2.53. The van der Waals surface area contributed by atoms with Crippen molar-refractivity contribution in [1.29, 1.82) is 0 Å². The van der Waals surface area contributed by atoms with Gasteiger partial charge in [0, 0.05) is 17.7 Å². The van der Waals surface area contributed by atoms with Crippen LogP contribution in [0.15, 0.2) is 18.2 Å². The summed E-state index contributed by atoms with van der Waals surface area (Å²) in [6, 6.07) is 4.33. The van der Waals surface area contributed by atoms with Crippen molar-refractivity contribution in [3.05, 3.63) is 29.6 Å². The molecule has 1 unspecified atom stereocenters. The number of halogens is 1. The minimum Gasteiger partial charge on any atom is -0.508 e. The average Bonchev–Trinajstić information content (AvgIpc) is 2.14. The minimum absolute atomic E-state index is 0.00111. The van der Waals surface area contributed by atoms with Crippen LogP contribution in [0.2, 0.25) is 0 Å². The van der Waals surface area contributed by atoms with Gasteiger partial charge >= 0.3 is 0 Å². The molecule has 0 aromatic heterocycles. The van der Waals surface area contributed by atoms with Crippen LogP contribution in [0.3, 0.4) is 0 Å². The maximum Gasteiger partial charge on any atom is 0.131 e. The third-order valence-corrected chi connectivity index (χ3v) is 3.39. The van der Waals surface area contributed by atoms with E-state index in [9.17, 15) is 4.39 Å². The molecule has 2 nitrogen and oxygen atoms in total. The molecule has 0 radical (unpaired) electrons. The highest BCUT2D eigenvalue weighted by Gasteiger charge is 2.18. The Morgan fingerprint density at radius 3 is 2.81 bits per heavy atom. The fraction of sp³-hybridized carbons (Fsp3) is 0.538. The number of phenolic OH excluding ortho intramolecular Hbond substituents is 1. The zero-order valence-electron chi connectivity index (χ0n) is 9.54. The van der Waals surface area contributed by atoms with E-state index in [0.717, 1.165) is 18.5 Å². The lowest BCUT2D eigenvalue weighted by Gasteiger charge is -2.27. The molecular weight excluding hydrogens is 205 g/mol. The van der Waals surface area contributed by atoms with E-state index in [0.29, 0.717) is 5.56 Å². The van der Waals surface area contributed by atoms with Gasteiger partial charge in [0.2, 0.25) is 0 Å². The molecular formula is C13H18FNO. The van der Waals surface area contributed by atoms with E-state index in [1.54, 1.807) is 6.07 Å². The van der Waals surface area contributed by atoms with Gasteiger partial charge in [0.15, 0.2) is 0 Å². The Morgan fingerprint density at radius 2 is 2.25 bits per heavy atom. The molecule has 1 aromatic rings. The fourth-order valence-electron chi connectivity index (χ4n) is 2.02. The second kappa shape index (κ2) is 4.83. The molecule has 0 heterocycles. The molecule has 2 rings (SSSR count). The van der Waals surface area contributed by atoms with Crippen LogP contribution < -0.4 is 5.32 Å². The SMILES string of the molecule is CC(NCC1CCC1)c1ccc(O)cc1F. The Balaban J connectivity index is 1.93. The van der Waals surface area contributed by atoms with Gasteiger partial charge in [-0.1, -0.05) is 12.5 Å². The van der Waals surface area contributed by atoms with Crippen molar-refractivity contribution in [2.45, 2.75) is 32.2 Å². The average molecular weight is 223 g/mol. The van der Waals surface area contributed by atoms with Gasteiger partial charge in [-0.15, -0.1) is 0 Å². The molecule has 1 aromatic carbocycles. The van der Waals surface area contributed by atoms with E-state index >= 15 is 0 Å². The summed E-state index contributed by atoms with van der Waals surface area (Å²) in [6.45, 7) is 2.91. The summed E-state index contributed by atoms with van der Waals surface area (Å²) in [7, 11) is 0. The lowest BCUT2D eigenvalue weighted by Crippen LogP contribution is -2.29. The summed E-state index contributed by atoms with van der Waals surface area (Å²) in [5.41, 5.74) is 0.622. The van der Waals surface area contributed by atoms with E-state index in [1.165, 1.54) is 25.3 Å². The van der Waals surface area contributed by atoms with Gasteiger partial charge in [0.1, 0.15) is 11.6 Å². The molecule has 1 aliphatic carbocycles. The highest BCUT2D eigenvalue weighted by atomic mass is 19.1. The van der Waals surface area contributed by atoms with Gasteiger partial charge in [-0.2, -0.15) is 0 Å². The lowest BCUT2D eigenvalue weighted by atomic mass is 9.85. The molecule has 0 spiro atoms. The smallest absolute Gasteiger partial charge is 0.131 e. The summed E-state index contributed by atoms with van der Waals surface area (Å²) >= 11 is 0. The summed E-state index contributed by atoms with van der Waals surface area (Å²) < 4.78 is 13.5. The molecule has 3 heteroatoms. The zero-order chi connectivity index (χ0) is 11.5. The first-order chi connectivity index (χ1) is 7.66. The predicted molar refractivity (Wildman–Crippen MR) is 61.8 cm³/mol. The van der Waals surface area contributed by atoms with Crippen molar-refractivity contribution in [3.8, 4) is 5.75 Å². The summed E-state index contributed by atoms with van der Waals surface area (Å²) in [5, 5.41) is 12.5. The monoisotopic (exact) mass is 223 g/mol. The normalized spacial score (nSPS) is 18.1. The summed E-state index contributed by atoms with van der Waals surface area (Å²) in [5.74, 6) is 0.406. The predicted octanol–water partition coefficient (Wildman–Crippen LogP) is 2.98. The van der Waals surface area contributed by atoms with E-state index in [-0.39, 0.29) is 17.6 Å². The molecule has 1 saturated carbocycles. The van der Waals surface area contributed by atoms with Crippen LogP contribution >= 0.6 is 0 Å². The molecule has 1 fully saturated rings. The molecule has 0 bridgehead atoms. The molecule has 1 aliphatic rings. The maximum absolute atomic E-state index is 13.5. The van der Waals surface area contributed by atoms with Crippen LogP contribution in [-0.4, -0.2) is 11.7 Å². The van der Waals surface area contributed by atoms with Crippen molar-refractivity contribution in [1.82, 2.24) is 5.32 Å². The van der Waals surface area contributed by atoms with Crippen LogP contribution in [0.5, 0.6) is 5.75 Å². The van der Waals surface area contributed by atoms with Crippen LogP contribution in [0.1, 0.15) is 37.8 Å². The van der Waals surface area contributed by atoms with Gasteiger partial charge in [-0.3, -0.25) is 0 Å². The van der Waals surface area contributed by atoms with Gasteiger partial charge < -0.3 is 10.4 Å². The van der Waals surface area contributed by atoms with Gasteiger partial charge in [0.25, 0.3) is 0 Å². The first-order valence-electron chi connectivity index (χ1n) is 5.88. The van der Waals surface area contributed by atoms with Crippen LogP contribution in [-0.2, 0) is 0 Å². The Morgan fingerprint density at radius 1 is 1.50 bits per heavy atom. The highest BCUT2D eigenvalue weighted by Crippen LogP contribution is 2.27. The van der Waals surface area contributed by atoms with Gasteiger partial charge in [-0.05, 0) is 38.3 Å². The molecule has 0 aliphatic heterocycles. The number of rotatable bonds is 4. The van der Waals surface area contributed by atoms with Crippen LogP contribution in [0.25, 0.3) is 0 Å². The Labute approximate surface area is 95.5 Å². The summed E-state index contributed by atoms with van der Waals surface area (Å²) in [4.78, 5) is 0. The molecule has 0 saturated heterocycles. The lowest BCUT2D eigenvalue weighted by molar-refractivity contribution is 0.291. The van der Waals surface area contributed by atoms with Crippen molar-refractivity contribution >= 4 is 0 Å². The van der Waals surface area contributed by atoms with Gasteiger partial charge in [-0.25, -0.2) is 4.39 Å².